The molecule has 0 unspecified atom stereocenters. The summed E-state index contributed by atoms with van der Waals surface area (Å²) in [5.74, 6) is 0.447. The number of aromatic nitrogens is 1. The maximum atomic E-state index is 12.5. The average molecular weight is 432 g/mol. The monoisotopic (exact) mass is 431 g/mol. The first kappa shape index (κ1) is 20.6. The molecule has 9 heteroatoms. The molecule has 0 spiro atoms. The van der Waals surface area contributed by atoms with E-state index in [2.05, 4.69) is 15.6 Å². The van der Waals surface area contributed by atoms with Gasteiger partial charge < -0.3 is 14.8 Å². The van der Waals surface area contributed by atoms with Crippen molar-refractivity contribution in [3.8, 4) is 11.5 Å². The van der Waals surface area contributed by atoms with Crippen LogP contribution in [0.3, 0.4) is 0 Å². The zero-order chi connectivity index (χ0) is 20.8. The summed E-state index contributed by atoms with van der Waals surface area (Å²) in [6, 6.07) is 11.7. The summed E-state index contributed by atoms with van der Waals surface area (Å²) in [5, 5.41) is 8.21. The fourth-order valence-electron chi connectivity index (χ4n) is 2.46. The predicted octanol–water partition coefficient (Wildman–Crippen LogP) is 4.25. The molecule has 0 fully saturated rings. The van der Waals surface area contributed by atoms with E-state index in [9.17, 15) is 9.59 Å². The number of thiazole rings is 1. The second-order valence-corrected chi connectivity index (χ2v) is 7.23. The lowest BCUT2D eigenvalue weighted by Crippen LogP contribution is -2.15. The van der Waals surface area contributed by atoms with Gasteiger partial charge in [-0.1, -0.05) is 11.6 Å². The molecule has 0 saturated heterocycles. The SMILES string of the molecule is COc1cc(OC)cc(C(=O)Nc2nc(CC(=O)Nc3ccc(Cl)cc3)cs2)c1. The summed E-state index contributed by atoms with van der Waals surface area (Å²) in [4.78, 5) is 29.0. The molecule has 0 bridgehead atoms. The van der Waals surface area contributed by atoms with Crippen LogP contribution in [-0.2, 0) is 11.2 Å². The van der Waals surface area contributed by atoms with Gasteiger partial charge >= 0.3 is 0 Å². The maximum absolute atomic E-state index is 12.5. The van der Waals surface area contributed by atoms with Gasteiger partial charge in [-0.2, -0.15) is 0 Å². The molecule has 0 aliphatic carbocycles. The van der Waals surface area contributed by atoms with Crippen LogP contribution >= 0.6 is 22.9 Å². The molecule has 2 amide bonds. The van der Waals surface area contributed by atoms with Crippen molar-refractivity contribution in [1.29, 1.82) is 0 Å². The number of halogens is 1. The van der Waals surface area contributed by atoms with Crippen LogP contribution in [0, 0.1) is 0 Å². The van der Waals surface area contributed by atoms with E-state index in [1.807, 2.05) is 0 Å². The largest absolute Gasteiger partial charge is 0.497 e. The Bertz CT molecular complexity index is 999. The lowest BCUT2D eigenvalue weighted by molar-refractivity contribution is -0.115. The fraction of sp³-hybridized carbons (Fsp3) is 0.150. The zero-order valence-corrected chi connectivity index (χ0v) is 17.3. The summed E-state index contributed by atoms with van der Waals surface area (Å²) in [6.45, 7) is 0. The van der Waals surface area contributed by atoms with Crippen molar-refractivity contribution in [3.05, 3.63) is 64.1 Å². The smallest absolute Gasteiger partial charge is 0.257 e. The van der Waals surface area contributed by atoms with Crippen molar-refractivity contribution in [2.75, 3.05) is 24.9 Å². The molecule has 3 rings (SSSR count). The first-order chi connectivity index (χ1) is 14.0. The van der Waals surface area contributed by atoms with Gasteiger partial charge in [0.2, 0.25) is 5.91 Å². The van der Waals surface area contributed by atoms with Gasteiger partial charge in [0, 0.05) is 27.7 Å². The van der Waals surface area contributed by atoms with Gasteiger partial charge in [0.25, 0.3) is 5.91 Å². The lowest BCUT2D eigenvalue weighted by atomic mass is 10.2. The lowest BCUT2D eigenvalue weighted by Gasteiger charge is -2.08. The number of anilines is 2. The van der Waals surface area contributed by atoms with Crippen LogP contribution in [0.25, 0.3) is 0 Å². The number of hydrogen-bond acceptors (Lipinski definition) is 6. The second-order valence-electron chi connectivity index (χ2n) is 5.93. The molecule has 1 aromatic heterocycles. The Hall–Kier alpha value is -3.10. The van der Waals surface area contributed by atoms with Crippen molar-refractivity contribution in [2.24, 2.45) is 0 Å². The Balaban J connectivity index is 1.62. The average Bonchev–Trinajstić information content (AvgIpc) is 3.15. The number of hydrogen-bond donors (Lipinski definition) is 2. The third kappa shape index (κ3) is 5.69. The highest BCUT2D eigenvalue weighted by molar-refractivity contribution is 7.14. The number of amides is 2. The van der Waals surface area contributed by atoms with Gasteiger partial charge in [0.1, 0.15) is 11.5 Å². The van der Waals surface area contributed by atoms with Gasteiger partial charge in [-0.15, -0.1) is 11.3 Å². The number of rotatable bonds is 7. The van der Waals surface area contributed by atoms with Crippen LogP contribution in [0.1, 0.15) is 16.1 Å². The minimum Gasteiger partial charge on any atom is -0.497 e. The highest BCUT2D eigenvalue weighted by Gasteiger charge is 2.13. The molecule has 29 heavy (non-hydrogen) atoms. The third-order valence-electron chi connectivity index (χ3n) is 3.86. The zero-order valence-electron chi connectivity index (χ0n) is 15.7. The number of nitrogens with one attached hydrogen (secondary N) is 2. The maximum Gasteiger partial charge on any atom is 0.257 e. The first-order valence-electron chi connectivity index (χ1n) is 8.51. The third-order valence-corrected chi connectivity index (χ3v) is 4.91. The Labute approximate surface area is 176 Å². The van der Waals surface area contributed by atoms with Gasteiger partial charge in [0.05, 0.1) is 26.3 Å². The molecular weight excluding hydrogens is 414 g/mol. The molecule has 7 nitrogen and oxygen atoms in total. The van der Waals surface area contributed by atoms with Crippen molar-refractivity contribution >= 4 is 45.6 Å². The molecule has 150 valence electrons. The van der Waals surface area contributed by atoms with E-state index >= 15 is 0 Å². The minimum absolute atomic E-state index is 0.0853. The number of ether oxygens (including phenoxy) is 2. The molecule has 1 heterocycles. The van der Waals surface area contributed by atoms with Gasteiger partial charge in [0.15, 0.2) is 5.13 Å². The van der Waals surface area contributed by atoms with E-state index in [0.717, 1.165) is 0 Å². The fourth-order valence-corrected chi connectivity index (χ4v) is 3.29. The van der Waals surface area contributed by atoms with Crippen LogP contribution < -0.4 is 20.1 Å². The molecule has 0 saturated carbocycles. The first-order valence-corrected chi connectivity index (χ1v) is 9.77. The van der Waals surface area contributed by atoms with E-state index < -0.39 is 0 Å². The summed E-state index contributed by atoms with van der Waals surface area (Å²) in [7, 11) is 3.03. The molecule has 2 aromatic carbocycles. The standard InChI is InChI=1S/C20H18ClN3O4S/c1-27-16-7-12(8-17(10-16)28-2)19(26)24-20-23-15(11-29-20)9-18(25)22-14-5-3-13(21)4-6-14/h3-8,10-11H,9H2,1-2H3,(H,22,25)(H,23,24,26). The van der Waals surface area contributed by atoms with Crippen LogP contribution in [-0.4, -0.2) is 31.0 Å². The molecule has 2 N–H and O–H groups in total. The topological polar surface area (TPSA) is 89.6 Å². The number of nitrogens with zero attached hydrogens (tertiary/aromatic N) is 1. The van der Waals surface area contributed by atoms with E-state index in [0.29, 0.717) is 38.6 Å². The molecule has 0 radical (unpaired) electrons. The summed E-state index contributed by atoms with van der Waals surface area (Å²) >= 11 is 7.07. The molecule has 0 atom stereocenters. The van der Waals surface area contributed by atoms with Crippen molar-refractivity contribution in [1.82, 2.24) is 4.98 Å². The number of methoxy groups -OCH3 is 2. The van der Waals surface area contributed by atoms with Gasteiger partial charge in [-0.3, -0.25) is 14.9 Å². The van der Waals surface area contributed by atoms with Crippen LogP contribution in [0.4, 0.5) is 10.8 Å². The van der Waals surface area contributed by atoms with Crippen molar-refractivity contribution in [3.63, 3.8) is 0 Å². The van der Waals surface area contributed by atoms with Gasteiger partial charge in [-0.05, 0) is 36.4 Å². The van der Waals surface area contributed by atoms with Gasteiger partial charge in [-0.25, -0.2) is 4.98 Å². The van der Waals surface area contributed by atoms with E-state index in [1.54, 1.807) is 47.8 Å². The Morgan fingerprint density at radius 1 is 1.03 bits per heavy atom. The summed E-state index contributed by atoms with van der Waals surface area (Å²) in [6.07, 6.45) is 0.0853. The number of carbonyl (C=O) groups excluding carboxylic acids is 2. The molecular formula is C20H18ClN3O4S. The van der Waals surface area contributed by atoms with E-state index in [1.165, 1.54) is 25.6 Å². The van der Waals surface area contributed by atoms with E-state index in [-0.39, 0.29) is 18.2 Å². The molecule has 0 aliphatic heterocycles. The predicted molar refractivity (Wildman–Crippen MR) is 113 cm³/mol. The van der Waals surface area contributed by atoms with Crippen molar-refractivity contribution < 1.29 is 19.1 Å². The molecule has 3 aromatic rings. The van der Waals surface area contributed by atoms with Crippen molar-refractivity contribution in [2.45, 2.75) is 6.42 Å². The quantitative estimate of drug-likeness (QED) is 0.583. The van der Waals surface area contributed by atoms with Crippen LogP contribution in [0.5, 0.6) is 11.5 Å². The second kappa shape index (κ2) is 9.40. The highest BCUT2D eigenvalue weighted by atomic mass is 35.5. The minimum atomic E-state index is -0.353. The Morgan fingerprint density at radius 2 is 1.69 bits per heavy atom. The molecule has 0 aliphatic rings. The van der Waals surface area contributed by atoms with Crippen LogP contribution in [0.15, 0.2) is 47.8 Å². The van der Waals surface area contributed by atoms with E-state index in [4.69, 9.17) is 21.1 Å². The Morgan fingerprint density at radius 3 is 2.31 bits per heavy atom. The highest BCUT2D eigenvalue weighted by Crippen LogP contribution is 2.24. The number of benzene rings is 2. The summed E-state index contributed by atoms with van der Waals surface area (Å²) in [5.41, 5.74) is 1.58. The number of carbonyl (C=O) groups is 2. The van der Waals surface area contributed by atoms with Crippen LogP contribution in [0.2, 0.25) is 5.02 Å². The normalized spacial score (nSPS) is 10.3. The Kier molecular flexibility index (Phi) is 6.69. The summed E-state index contributed by atoms with van der Waals surface area (Å²) < 4.78 is 10.4.